The minimum Gasteiger partial charge on any atom is -0.465 e. The van der Waals surface area contributed by atoms with E-state index in [1.165, 1.54) is 19.2 Å². The quantitative estimate of drug-likeness (QED) is 0.540. The van der Waals surface area contributed by atoms with Crippen molar-refractivity contribution >= 4 is 21.8 Å². The second-order valence-corrected chi connectivity index (χ2v) is 9.49. The zero-order chi connectivity index (χ0) is 23.9. The summed E-state index contributed by atoms with van der Waals surface area (Å²) in [5.74, 6) is -1.75. The number of nitriles is 1. The summed E-state index contributed by atoms with van der Waals surface area (Å²) < 4.78 is 37.4. The summed E-state index contributed by atoms with van der Waals surface area (Å²) in [4.78, 5) is 25.5. The highest BCUT2D eigenvalue weighted by molar-refractivity contribution is 7.92. The largest absolute Gasteiger partial charge is 0.465 e. The first kappa shape index (κ1) is 22.2. The van der Waals surface area contributed by atoms with Gasteiger partial charge in [0.2, 0.25) is 0 Å². The van der Waals surface area contributed by atoms with Crippen molar-refractivity contribution in [2.45, 2.75) is 17.1 Å². The summed E-state index contributed by atoms with van der Waals surface area (Å²) in [6, 6.07) is 16.8. The van der Waals surface area contributed by atoms with Crippen LogP contribution in [0.5, 0.6) is 0 Å². The molecule has 0 heterocycles. The lowest BCUT2D eigenvalue weighted by molar-refractivity contribution is 0.0554. The minimum atomic E-state index is -4.02. The molecule has 7 nitrogen and oxygen atoms in total. The Bertz CT molecular complexity index is 1450. The minimum absolute atomic E-state index is 0.0795. The lowest BCUT2D eigenvalue weighted by Gasteiger charge is -2.20. The highest BCUT2D eigenvalue weighted by Gasteiger charge is 2.44. The molecule has 3 aromatic rings. The molecule has 33 heavy (non-hydrogen) atoms. The van der Waals surface area contributed by atoms with Crippen LogP contribution in [0.1, 0.15) is 48.2 Å². The number of fused-ring (bicyclic) bond motifs is 3. The van der Waals surface area contributed by atoms with E-state index < -0.39 is 27.0 Å². The number of esters is 2. The van der Waals surface area contributed by atoms with Crippen LogP contribution in [0.2, 0.25) is 0 Å². The van der Waals surface area contributed by atoms with Crippen molar-refractivity contribution < 1.29 is 27.5 Å². The Morgan fingerprint density at radius 2 is 1.48 bits per heavy atom. The zero-order valence-corrected chi connectivity index (χ0v) is 18.9. The SMILES string of the molecule is COC(=O)c1c(C)c2c(c(C#N)c1C(=O)OC)C(S(=O)(=O)c1ccccc1)c1ccccc1-2. The van der Waals surface area contributed by atoms with Crippen LogP contribution in [0.3, 0.4) is 0 Å². The van der Waals surface area contributed by atoms with Crippen LogP contribution in [-0.4, -0.2) is 34.6 Å². The van der Waals surface area contributed by atoms with E-state index in [0.717, 1.165) is 7.11 Å². The molecule has 1 atom stereocenters. The molecule has 0 fully saturated rings. The van der Waals surface area contributed by atoms with Gasteiger partial charge in [0, 0.05) is 5.56 Å². The molecule has 3 aromatic carbocycles. The summed E-state index contributed by atoms with van der Waals surface area (Å²) >= 11 is 0. The van der Waals surface area contributed by atoms with Crippen molar-refractivity contribution in [2.24, 2.45) is 0 Å². The van der Waals surface area contributed by atoms with Gasteiger partial charge in [0.15, 0.2) is 9.84 Å². The molecule has 0 N–H and O–H groups in total. The van der Waals surface area contributed by atoms with Gasteiger partial charge >= 0.3 is 11.9 Å². The van der Waals surface area contributed by atoms with Crippen molar-refractivity contribution in [1.29, 1.82) is 5.26 Å². The fourth-order valence-corrected chi connectivity index (χ4v) is 6.36. The van der Waals surface area contributed by atoms with Gasteiger partial charge in [-0.05, 0) is 41.3 Å². The Kier molecular flexibility index (Phi) is 5.52. The van der Waals surface area contributed by atoms with Crippen LogP contribution in [0, 0.1) is 18.3 Å². The zero-order valence-electron chi connectivity index (χ0n) is 18.1. The number of carbonyl (C=O) groups is 2. The first-order valence-corrected chi connectivity index (χ1v) is 11.5. The van der Waals surface area contributed by atoms with Crippen molar-refractivity contribution in [3.05, 3.63) is 88.0 Å². The molecule has 1 unspecified atom stereocenters. The first-order chi connectivity index (χ1) is 15.8. The van der Waals surface area contributed by atoms with Gasteiger partial charge in [-0.25, -0.2) is 18.0 Å². The number of rotatable bonds is 4. The molecule has 0 saturated heterocycles. The maximum atomic E-state index is 13.8. The van der Waals surface area contributed by atoms with E-state index in [2.05, 4.69) is 0 Å². The Morgan fingerprint density at radius 3 is 2.09 bits per heavy atom. The molecule has 0 spiro atoms. The van der Waals surface area contributed by atoms with Crippen LogP contribution in [0.15, 0.2) is 59.5 Å². The van der Waals surface area contributed by atoms with Crippen LogP contribution < -0.4 is 0 Å². The van der Waals surface area contributed by atoms with Crippen LogP contribution in [0.4, 0.5) is 0 Å². The van der Waals surface area contributed by atoms with E-state index in [-0.39, 0.29) is 27.1 Å². The number of benzene rings is 3. The van der Waals surface area contributed by atoms with Crippen molar-refractivity contribution in [1.82, 2.24) is 0 Å². The molecule has 4 rings (SSSR count). The van der Waals surface area contributed by atoms with Gasteiger partial charge < -0.3 is 9.47 Å². The number of carbonyl (C=O) groups excluding carboxylic acids is 2. The van der Waals surface area contributed by atoms with Gasteiger partial charge in [-0.15, -0.1) is 0 Å². The number of hydrogen-bond acceptors (Lipinski definition) is 7. The standard InChI is InChI=1S/C25H19NO6S/c1-14-19-16-11-7-8-12-17(16)23(33(29,30)15-9-5-4-6-10-15)21(19)18(13-26)22(25(28)32-3)20(14)24(27)31-2/h4-12,23H,1-3H3. The topological polar surface area (TPSA) is 111 Å². The second kappa shape index (κ2) is 8.19. The number of methoxy groups -OCH3 is 2. The van der Waals surface area contributed by atoms with Crippen molar-refractivity contribution in [2.75, 3.05) is 14.2 Å². The maximum Gasteiger partial charge on any atom is 0.340 e. The summed E-state index contributed by atoms with van der Waals surface area (Å²) in [7, 11) is -1.73. The molecular weight excluding hydrogens is 442 g/mol. The number of ether oxygens (including phenoxy) is 2. The molecular formula is C25H19NO6S. The highest BCUT2D eigenvalue weighted by Crippen LogP contribution is 2.53. The second-order valence-electron chi connectivity index (χ2n) is 7.46. The lowest BCUT2D eigenvalue weighted by atomic mass is 9.87. The fraction of sp³-hybridized carbons (Fsp3) is 0.160. The van der Waals surface area contributed by atoms with E-state index in [9.17, 15) is 23.3 Å². The molecule has 8 heteroatoms. The highest BCUT2D eigenvalue weighted by atomic mass is 32.2. The third kappa shape index (κ3) is 3.20. The third-order valence-corrected chi connectivity index (χ3v) is 7.88. The fourth-order valence-electron chi connectivity index (χ4n) is 4.47. The average Bonchev–Trinajstić information content (AvgIpc) is 3.19. The Hall–Kier alpha value is -3.96. The van der Waals surface area contributed by atoms with E-state index in [1.54, 1.807) is 49.4 Å². The van der Waals surface area contributed by atoms with Crippen LogP contribution in [-0.2, 0) is 19.3 Å². The molecule has 1 aliphatic rings. The molecule has 0 radical (unpaired) electrons. The molecule has 0 bridgehead atoms. The van der Waals surface area contributed by atoms with Gasteiger partial charge in [-0.2, -0.15) is 5.26 Å². The smallest absolute Gasteiger partial charge is 0.340 e. The molecule has 0 aliphatic heterocycles. The van der Waals surface area contributed by atoms with E-state index in [1.807, 2.05) is 6.07 Å². The summed E-state index contributed by atoms with van der Waals surface area (Å²) in [5.41, 5.74) is 1.34. The number of nitrogens with zero attached hydrogens (tertiary/aromatic N) is 1. The molecule has 0 aromatic heterocycles. The molecule has 166 valence electrons. The van der Waals surface area contributed by atoms with Crippen molar-refractivity contribution in [3.63, 3.8) is 0 Å². The van der Waals surface area contributed by atoms with Crippen LogP contribution in [0.25, 0.3) is 11.1 Å². The number of hydrogen-bond donors (Lipinski definition) is 0. The predicted molar refractivity (Wildman–Crippen MR) is 119 cm³/mol. The maximum absolute atomic E-state index is 13.8. The van der Waals surface area contributed by atoms with Gasteiger partial charge in [0.05, 0.1) is 35.8 Å². The Labute approximate surface area is 191 Å². The predicted octanol–water partition coefficient (Wildman–Crippen LogP) is 3.98. The van der Waals surface area contributed by atoms with Crippen LogP contribution >= 0.6 is 0 Å². The summed E-state index contributed by atoms with van der Waals surface area (Å²) in [6.45, 7) is 1.60. The third-order valence-electron chi connectivity index (χ3n) is 5.84. The normalized spacial score (nSPS) is 14.1. The summed E-state index contributed by atoms with van der Waals surface area (Å²) in [6.07, 6.45) is 0. The Morgan fingerprint density at radius 1 is 0.909 bits per heavy atom. The number of sulfone groups is 1. The van der Waals surface area contributed by atoms with E-state index in [0.29, 0.717) is 22.3 Å². The Balaban J connectivity index is 2.21. The van der Waals surface area contributed by atoms with Gasteiger partial charge in [0.1, 0.15) is 11.3 Å². The van der Waals surface area contributed by atoms with Gasteiger partial charge in [-0.1, -0.05) is 42.5 Å². The van der Waals surface area contributed by atoms with Crippen molar-refractivity contribution in [3.8, 4) is 17.2 Å². The monoisotopic (exact) mass is 461 g/mol. The molecule has 0 amide bonds. The van der Waals surface area contributed by atoms with E-state index >= 15 is 0 Å². The first-order valence-electron chi connectivity index (χ1n) is 9.95. The lowest BCUT2D eigenvalue weighted by Crippen LogP contribution is -2.20. The molecule has 0 saturated carbocycles. The molecule has 1 aliphatic carbocycles. The van der Waals surface area contributed by atoms with Gasteiger partial charge in [-0.3, -0.25) is 0 Å². The van der Waals surface area contributed by atoms with E-state index in [4.69, 9.17) is 9.47 Å². The summed E-state index contributed by atoms with van der Waals surface area (Å²) in [5, 5.41) is 8.88. The van der Waals surface area contributed by atoms with Gasteiger partial charge in [0.25, 0.3) is 0 Å². The average molecular weight is 461 g/mol.